The Balaban J connectivity index is 1.81. The molecule has 0 saturated heterocycles. The molecule has 0 bridgehead atoms. The number of hydrogen-bond acceptors (Lipinski definition) is 4. The maximum absolute atomic E-state index is 5.80. The Hall–Kier alpha value is -2.62. The van der Waals surface area contributed by atoms with E-state index in [4.69, 9.17) is 4.42 Å². The molecule has 4 nitrogen and oxygen atoms in total. The molecule has 3 rings (SSSR count). The molecule has 0 saturated carbocycles. The monoisotopic (exact) mass is 293 g/mol. The van der Waals surface area contributed by atoms with Crippen LogP contribution in [0.3, 0.4) is 0 Å². The van der Waals surface area contributed by atoms with Gasteiger partial charge in [-0.1, -0.05) is 36.4 Å². The van der Waals surface area contributed by atoms with E-state index < -0.39 is 0 Å². The molecule has 0 spiro atoms. The molecule has 0 fully saturated rings. The molecule has 0 unspecified atom stereocenters. The molecule has 0 atom stereocenters. The van der Waals surface area contributed by atoms with E-state index in [1.54, 1.807) is 0 Å². The van der Waals surface area contributed by atoms with Gasteiger partial charge in [0.2, 0.25) is 11.8 Å². The summed E-state index contributed by atoms with van der Waals surface area (Å²) >= 11 is 0. The molecular weight excluding hydrogens is 274 g/mol. The zero-order chi connectivity index (χ0) is 15.4. The van der Waals surface area contributed by atoms with Gasteiger partial charge in [0.1, 0.15) is 0 Å². The van der Waals surface area contributed by atoms with Gasteiger partial charge in [-0.3, -0.25) is 0 Å². The second kappa shape index (κ2) is 6.43. The zero-order valence-electron chi connectivity index (χ0n) is 12.9. The first-order valence-corrected chi connectivity index (χ1v) is 7.46. The molecule has 0 N–H and O–H groups in total. The lowest BCUT2D eigenvalue weighted by molar-refractivity contribution is 0.499. The van der Waals surface area contributed by atoms with E-state index in [0.29, 0.717) is 18.3 Å². The third-order valence-electron chi connectivity index (χ3n) is 3.65. The van der Waals surface area contributed by atoms with Crippen LogP contribution in [0.2, 0.25) is 0 Å². The van der Waals surface area contributed by atoms with Crippen molar-refractivity contribution in [3.05, 3.63) is 66.1 Å². The highest BCUT2D eigenvalue weighted by Crippen LogP contribution is 2.22. The molecule has 0 aliphatic heterocycles. The molecule has 0 aliphatic rings. The number of anilines is 1. The summed E-state index contributed by atoms with van der Waals surface area (Å²) in [5, 5.41) is 8.32. The summed E-state index contributed by atoms with van der Waals surface area (Å²) in [4.78, 5) is 2.23. The van der Waals surface area contributed by atoms with E-state index in [9.17, 15) is 0 Å². The van der Waals surface area contributed by atoms with Gasteiger partial charge in [0, 0.05) is 17.8 Å². The van der Waals surface area contributed by atoms with Crippen molar-refractivity contribution in [2.24, 2.45) is 0 Å². The van der Waals surface area contributed by atoms with Gasteiger partial charge in [-0.25, -0.2) is 0 Å². The Morgan fingerprint density at radius 1 is 0.955 bits per heavy atom. The lowest BCUT2D eigenvalue weighted by Gasteiger charge is -2.23. The molecule has 112 valence electrons. The smallest absolute Gasteiger partial charge is 0.247 e. The maximum atomic E-state index is 5.80. The highest BCUT2D eigenvalue weighted by Gasteiger charge is 2.13. The summed E-state index contributed by atoms with van der Waals surface area (Å²) in [6, 6.07) is 18.2. The molecule has 0 aliphatic carbocycles. The normalized spacial score (nSPS) is 10.6. The molecule has 22 heavy (non-hydrogen) atoms. The topological polar surface area (TPSA) is 42.2 Å². The largest absolute Gasteiger partial charge is 0.419 e. The number of aromatic nitrogens is 2. The van der Waals surface area contributed by atoms with Crippen LogP contribution in [0.15, 0.2) is 59.0 Å². The van der Waals surface area contributed by atoms with Crippen LogP contribution in [-0.2, 0) is 6.54 Å². The van der Waals surface area contributed by atoms with Crippen LogP contribution >= 0.6 is 0 Å². The van der Waals surface area contributed by atoms with E-state index in [2.05, 4.69) is 41.1 Å². The van der Waals surface area contributed by atoms with Gasteiger partial charge < -0.3 is 9.32 Å². The molecule has 1 aromatic heterocycles. The fourth-order valence-electron chi connectivity index (χ4n) is 2.46. The fraction of sp³-hybridized carbons (Fsp3) is 0.222. The minimum atomic E-state index is 0.566. The maximum Gasteiger partial charge on any atom is 0.247 e. The number of nitrogens with zero attached hydrogens (tertiary/aromatic N) is 3. The summed E-state index contributed by atoms with van der Waals surface area (Å²) in [7, 11) is 0. The van der Waals surface area contributed by atoms with E-state index in [0.717, 1.165) is 12.1 Å². The molecular formula is C18H19N3O. The standard InChI is InChI=1S/C18H19N3O/c1-3-21(16-12-8-7-9-14(16)2)13-17-19-20-18(22-17)15-10-5-4-6-11-15/h4-12H,3,13H2,1-2H3. The van der Waals surface area contributed by atoms with Crippen LogP contribution in [-0.4, -0.2) is 16.7 Å². The van der Waals surface area contributed by atoms with Gasteiger partial charge in [0.25, 0.3) is 0 Å². The van der Waals surface area contributed by atoms with Crippen molar-refractivity contribution in [3.8, 4) is 11.5 Å². The molecule has 0 amide bonds. The first-order valence-electron chi connectivity index (χ1n) is 7.46. The third kappa shape index (κ3) is 3.01. The number of hydrogen-bond donors (Lipinski definition) is 0. The fourth-order valence-corrected chi connectivity index (χ4v) is 2.46. The zero-order valence-corrected chi connectivity index (χ0v) is 12.9. The second-order valence-electron chi connectivity index (χ2n) is 5.17. The summed E-state index contributed by atoms with van der Waals surface area (Å²) < 4.78 is 5.80. The Labute approximate surface area is 130 Å². The molecule has 4 heteroatoms. The number of para-hydroxylation sites is 1. The van der Waals surface area contributed by atoms with Crippen LogP contribution in [0, 0.1) is 6.92 Å². The Kier molecular flexibility index (Phi) is 4.19. The van der Waals surface area contributed by atoms with Crippen LogP contribution in [0.5, 0.6) is 0 Å². The molecule has 3 aromatic rings. The quantitative estimate of drug-likeness (QED) is 0.711. The third-order valence-corrected chi connectivity index (χ3v) is 3.65. The van der Waals surface area contributed by atoms with Gasteiger partial charge in [0.05, 0.1) is 6.54 Å². The van der Waals surface area contributed by atoms with Crippen LogP contribution in [0.1, 0.15) is 18.4 Å². The van der Waals surface area contributed by atoms with Gasteiger partial charge in [-0.15, -0.1) is 10.2 Å². The van der Waals surface area contributed by atoms with E-state index >= 15 is 0 Å². The predicted molar refractivity (Wildman–Crippen MR) is 87.6 cm³/mol. The van der Waals surface area contributed by atoms with Crippen molar-refractivity contribution in [1.29, 1.82) is 0 Å². The Morgan fingerprint density at radius 2 is 1.68 bits per heavy atom. The van der Waals surface area contributed by atoms with Gasteiger partial charge in [0.15, 0.2) is 0 Å². The van der Waals surface area contributed by atoms with E-state index in [1.165, 1.54) is 11.3 Å². The summed E-state index contributed by atoms with van der Waals surface area (Å²) in [5.41, 5.74) is 3.39. The highest BCUT2D eigenvalue weighted by molar-refractivity contribution is 5.53. The van der Waals surface area contributed by atoms with Crippen molar-refractivity contribution in [2.45, 2.75) is 20.4 Å². The molecule has 2 aromatic carbocycles. The Bertz CT molecular complexity index is 737. The summed E-state index contributed by atoms with van der Waals surface area (Å²) in [6.45, 7) is 5.73. The SMILES string of the molecule is CCN(Cc1nnc(-c2ccccc2)o1)c1ccccc1C. The van der Waals surface area contributed by atoms with Gasteiger partial charge >= 0.3 is 0 Å². The average molecular weight is 293 g/mol. The average Bonchev–Trinajstić information content (AvgIpc) is 3.03. The van der Waals surface area contributed by atoms with Gasteiger partial charge in [-0.2, -0.15) is 0 Å². The number of aryl methyl sites for hydroxylation is 1. The number of benzene rings is 2. The van der Waals surface area contributed by atoms with Crippen molar-refractivity contribution >= 4 is 5.69 Å². The highest BCUT2D eigenvalue weighted by atomic mass is 16.4. The lowest BCUT2D eigenvalue weighted by atomic mass is 10.2. The predicted octanol–water partition coefficient (Wildman–Crippen LogP) is 4.07. The minimum absolute atomic E-state index is 0.566. The summed E-state index contributed by atoms with van der Waals surface area (Å²) in [5.74, 6) is 1.19. The minimum Gasteiger partial charge on any atom is -0.419 e. The van der Waals surface area contributed by atoms with Crippen molar-refractivity contribution < 1.29 is 4.42 Å². The first kappa shape index (κ1) is 14.3. The van der Waals surface area contributed by atoms with Crippen molar-refractivity contribution in [2.75, 3.05) is 11.4 Å². The number of rotatable bonds is 5. The van der Waals surface area contributed by atoms with E-state index in [1.807, 2.05) is 42.5 Å². The van der Waals surface area contributed by atoms with Crippen LogP contribution in [0.25, 0.3) is 11.5 Å². The second-order valence-corrected chi connectivity index (χ2v) is 5.17. The first-order chi connectivity index (χ1) is 10.8. The lowest BCUT2D eigenvalue weighted by Crippen LogP contribution is -2.23. The van der Waals surface area contributed by atoms with Gasteiger partial charge in [-0.05, 0) is 37.6 Å². The molecule has 0 radical (unpaired) electrons. The van der Waals surface area contributed by atoms with Crippen LogP contribution < -0.4 is 4.90 Å². The Morgan fingerprint density at radius 3 is 2.41 bits per heavy atom. The summed E-state index contributed by atoms with van der Waals surface area (Å²) in [6.07, 6.45) is 0. The van der Waals surface area contributed by atoms with E-state index in [-0.39, 0.29) is 0 Å². The molecule has 1 heterocycles. The van der Waals surface area contributed by atoms with Crippen molar-refractivity contribution in [1.82, 2.24) is 10.2 Å². The van der Waals surface area contributed by atoms with Crippen LogP contribution in [0.4, 0.5) is 5.69 Å². The van der Waals surface area contributed by atoms with Crippen molar-refractivity contribution in [3.63, 3.8) is 0 Å².